The molecule has 7 nitrogen and oxygen atoms in total. The zero-order valence-corrected chi connectivity index (χ0v) is 19.3. The first-order valence-corrected chi connectivity index (χ1v) is 11.2. The topological polar surface area (TPSA) is 83.2 Å². The number of ketones is 1. The number of hydrogen-bond donors (Lipinski definition) is 1. The minimum atomic E-state index is -0.778. The summed E-state index contributed by atoms with van der Waals surface area (Å²) in [6.07, 6.45) is 0.853. The van der Waals surface area contributed by atoms with Gasteiger partial charge in [-0.25, -0.2) is 0 Å². The van der Waals surface area contributed by atoms with Crippen molar-refractivity contribution in [3.05, 3.63) is 59.1 Å². The summed E-state index contributed by atoms with van der Waals surface area (Å²) >= 11 is 0. The van der Waals surface area contributed by atoms with Crippen LogP contribution in [0.2, 0.25) is 0 Å². The molecule has 2 heterocycles. The van der Waals surface area contributed by atoms with Gasteiger partial charge in [-0.1, -0.05) is 32.9 Å². The molecule has 0 aliphatic carbocycles. The van der Waals surface area contributed by atoms with Crippen LogP contribution in [-0.4, -0.2) is 59.4 Å². The summed E-state index contributed by atoms with van der Waals surface area (Å²) in [7, 11) is 0. The number of likely N-dealkylation sites (N-methyl/N-ethyl adjacent to an activating group) is 1. The molecule has 1 atom stereocenters. The van der Waals surface area contributed by atoms with Crippen LogP contribution in [0.1, 0.15) is 50.3 Å². The zero-order valence-electron chi connectivity index (χ0n) is 19.3. The molecule has 1 aromatic carbocycles. The molecule has 1 aliphatic heterocycles. The van der Waals surface area contributed by atoms with Gasteiger partial charge in [0.1, 0.15) is 29.1 Å². The fourth-order valence-electron chi connectivity index (χ4n) is 3.90. The molecule has 2 aromatic rings. The highest BCUT2D eigenvalue weighted by molar-refractivity contribution is 6.46. The molecule has 1 amide bonds. The second-order valence-electron chi connectivity index (χ2n) is 7.84. The SMILES string of the molecule is CCCOc1cccc(/C(O)=C2/C(=O)C(=O)N(CCN(CC)CC)C2c2ccc(C)o2)c1. The molecular formula is C25H32N2O5. The number of carbonyl (C=O) groups is 2. The van der Waals surface area contributed by atoms with Crippen LogP contribution in [0.4, 0.5) is 0 Å². The third kappa shape index (κ3) is 4.88. The molecule has 1 aliphatic rings. The van der Waals surface area contributed by atoms with Crippen molar-refractivity contribution in [2.24, 2.45) is 0 Å². The number of hydrogen-bond acceptors (Lipinski definition) is 6. The third-order valence-corrected chi connectivity index (χ3v) is 5.70. The monoisotopic (exact) mass is 440 g/mol. The first kappa shape index (κ1) is 23.6. The van der Waals surface area contributed by atoms with E-state index < -0.39 is 17.7 Å². The Morgan fingerprint density at radius 3 is 2.53 bits per heavy atom. The molecule has 32 heavy (non-hydrogen) atoms. The summed E-state index contributed by atoms with van der Waals surface area (Å²) in [4.78, 5) is 29.7. The molecule has 1 saturated heterocycles. The first-order chi connectivity index (χ1) is 15.4. The lowest BCUT2D eigenvalue weighted by Gasteiger charge is -2.26. The lowest BCUT2D eigenvalue weighted by atomic mass is 9.99. The van der Waals surface area contributed by atoms with Crippen LogP contribution in [-0.2, 0) is 9.59 Å². The van der Waals surface area contributed by atoms with Crippen LogP contribution in [0.15, 0.2) is 46.4 Å². The Morgan fingerprint density at radius 2 is 1.91 bits per heavy atom. The molecule has 1 fully saturated rings. The molecule has 0 saturated carbocycles. The number of carbonyl (C=O) groups excluding carboxylic acids is 2. The van der Waals surface area contributed by atoms with Gasteiger partial charge < -0.3 is 24.1 Å². The molecule has 1 N–H and O–H groups in total. The Hall–Kier alpha value is -3.06. The number of aliphatic hydroxyl groups excluding tert-OH is 1. The van der Waals surface area contributed by atoms with Crippen LogP contribution in [0, 0.1) is 6.92 Å². The minimum absolute atomic E-state index is 0.0385. The van der Waals surface area contributed by atoms with E-state index in [4.69, 9.17) is 9.15 Å². The molecule has 0 radical (unpaired) electrons. The fraction of sp³-hybridized carbons (Fsp3) is 0.440. The highest BCUT2D eigenvalue weighted by Crippen LogP contribution is 2.40. The van der Waals surface area contributed by atoms with Crippen molar-refractivity contribution >= 4 is 17.4 Å². The van der Waals surface area contributed by atoms with Crippen molar-refractivity contribution in [3.63, 3.8) is 0 Å². The van der Waals surface area contributed by atoms with E-state index in [2.05, 4.69) is 18.7 Å². The normalized spacial score (nSPS) is 18.0. The van der Waals surface area contributed by atoms with E-state index in [1.54, 1.807) is 43.3 Å². The van der Waals surface area contributed by atoms with E-state index in [-0.39, 0.29) is 11.3 Å². The number of likely N-dealkylation sites (tertiary alicyclic amines) is 1. The number of benzene rings is 1. The largest absolute Gasteiger partial charge is 0.507 e. The fourth-order valence-corrected chi connectivity index (χ4v) is 3.90. The van der Waals surface area contributed by atoms with Gasteiger partial charge in [-0.15, -0.1) is 0 Å². The van der Waals surface area contributed by atoms with Gasteiger partial charge in [0.05, 0.1) is 12.2 Å². The van der Waals surface area contributed by atoms with Gasteiger partial charge in [-0.2, -0.15) is 0 Å². The highest BCUT2D eigenvalue weighted by Gasteiger charge is 2.47. The van der Waals surface area contributed by atoms with Crippen molar-refractivity contribution in [2.45, 2.75) is 40.2 Å². The Morgan fingerprint density at radius 1 is 1.16 bits per heavy atom. The van der Waals surface area contributed by atoms with Crippen LogP contribution < -0.4 is 4.74 Å². The maximum absolute atomic E-state index is 13.1. The lowest BCUT2D eigenvalue weighted by molar-refractivity contribution is -0.140. The summed E-state index contributed by atoms with van der Waals surface area (Å²) in [5.41, 5.74) is 0.463. The van der Waals surface area contributed by atoms with Gasteiger partial charge >= 0.3 is 0 Å². The number of nitrogens with zero attached hydrogens (tertiary/aromatic N) is 2. The first-order valence-electron chi connectivity index (χ1n) is 11.2. The Bertz CT molecular complexity index is 990. The number of ether oxygens (including phenoxy) is 1. The quantitative estimate of drug-likeness (QED) is 0.340. The molecule has 1 unspecified atom stereocenters. The number of amides is 1. The van der Waals surface area contributed by atoms with Crippen molar-refractivity contribution in [2.75, 3.05) is 32.8 Å². The predicted molar refractivity (Wildman–Crippen MR) is 122 cm³/mol. The summed E-state index contributed by atoms with van der Waals surface area (Å²) in [6, 6.07) is 9.69. The average Bonchev–Trinajstić information content (AvgIpc) is 3.34. The van der Waals surface area contributed by atoms with E-state index in [0.29, 0.717) is 42.5 Å². The number of rotatable bonds is 10. The van der Waals surface area contributed by atoms with E-state index >= 15 is 0 Å². The molecule has 1 aromatic heterocycles. The van der Waals surface area contributed by atoms with Gasteiger partial charge in [0, 0.05) is 18.7 Å². The van der Waals surface area contributed by atoms with E-state index in [1.807, 2.05) is 6.92 Å². The van der Waals surface area contributed by atoms with Gasteiger partial charge in [-0.3, -0.25) is 9.59 Å². The minimum Gasteiger partial charge on any atom is -0.507 e. The van der Waals surface area contributed by atoms with Crippen molar-refractivity contribution in [3.8, 4) is 5.75 Å². The van der Waals surface area contributed by atoms with Gasteiger partial charge in [0.25, 0.3) is 11.7 Å². The Kier molecular flexibility index (Phi) is 7.75. The Labute approximate surface area is 189 Å². The molecule has 172 valence electrons. The van der Waals surface area contributed by atoms with Crippen molar-refractivity contribution < 1.29 is 23.8 Å². The van der Waals surface area contributed by atoms with Gasteiger partial charge in [0.2, 0.25) is 0 Å². The lowest BCUT2D eigenvalue weighted by Crippen LogP contribution is -2.37. The smallest absolute Gasteiger partial charge is 0.295 e. The summed E-state index contributed by atoms with van der Waals surface area (Å²) in [6.45, 7) is 11.1. The Balaban J connectivity index is 2.04. The maximum Gasteiger partial charge on any atom is 0.295 e. The zero-order chi connectivity index (χ0) is 23.3. The molecule has 0 spiro atoms. The number of aryl methyl sites for hydroxylation is 1. The van der Waals surface area contributed by atoms with Crippen LogP contribution in [0.3, 0.4) is 0 Å². The van der Waals surface area contributed by atoms with Crippen molar-refractivity contribution in [1.82, 2.24) is 9.80 Å². The predicted octanol–water partition coefficient (Wildman–Crippen LogP) is 4.14. The summed E-state index contributed by atoms with van der Waals surface area (Å²) in [5.74, 6) is 0.161. The summed E-state index contributed by atoms with van der Waals surface area (Å²) in [5, 5.41) is 11.2. The van der Waals surface area contributed by atoms with Gasteiger partial charge in [0.15, 0.2) is 0 Å². The second kappa shape index (κ2) is 10.5. The standard InChI is InChI=1S/C25H32N2O5/c1-5-15-31-19-10-8-9-18(16-19)23(28)21-22(20-12-11-17(4)32-20)27(25(30)24(21)29)14-13-26(6-2)7-3/h8-12,16,22,28H,5-7,13-15H2,1-4H3/b23-21-. The molecule has 0 bridgehead atoms. The molecule has 3 rings (SSSR count). The van der Waals surface area contributed by atoms with E-state index in [0.717, 1.165) is 19.5 Å². The average molecular weight is 441 g/mol. The number of aliphatic hydroxyl groups is 1. The molecular weight excluding hydrogens is 408 g/mol. The van der Waals surface area contributed by atoms with Crippen molar-refractivity contribution in [1.29, 1.82) is 0 Å². The highest BCUT2D eigenvalue weighted by atomic mass is 16.5. The molecule has 7 heteroatoms. The third-order valence-electron chi connectivity index (χ3n) is 5.70. The second-order valence-corrected chi connectivity index (χ2v) is 7.84. The van der Waals surface area contributed by atoms with E-state index in [9.17, 15) is 14.7 Å². The van der Waals surface area contributed by atoms with Crippen LogP contribution in [0.5, 0.6) is 5.75 Å². The van der Waals surface area contributed by atoms with Crippen LogP contribution >= 0.6 is 0 Å². The van der Waals surface area contributed by atoms with E-state index in [1.165, 1.54) is 4.90 Å². The maximum atomic E-state index is 13.1. The number of furan rings is 1. The number of Topliss-reactive ketones (excluding diaryl/α,β-unsaturated/α-hetero) is 1. The van der Waals surface area contributed by atoms with Gasteiger partial charge in [-0.05, 0) is 50.7 Å². The van der Waals surface area contributed by atoms with Crippen LogP contribution in [0.25, 0.3) is 5.76 Å². The summed E-state index contributed by atoms with van der Waals surface area (Å²) < 4.78 is 11.5.